The van der Waals surface area contributed by atoms with Crippen LogP contribution >= 0.6 is 0 Å². The van der Waals surface area contributed by atoms with Gasteiger partial charge in [0.05, 0.1) is 0 Å². The van der Waals surface area contributed by atoms with Crippen LogP contribution in [0.5, 0.6) is 5.75 Å². The van der Waals surface area contributed by atoms with Crippen molar-refractivity contribution < 1.29 is 43.2 Å². The molecular weight excluding hydrogens is 714 g/mol. The first-order chi connectivity index (χ1) is 25.0. The third-order valence-electron chi connectivity index (χ3n) is 9.12. The van der Waals surface area contributed by atoms with Gasteiger partial charge in [-0.2, -0.15) is 0 Å². The van der Waals surface area contributed by atoms with Gasteiger partial charge in [0.25, 0.3) is 6.29 Å². The normalized spacial score (nSPS) is 12.7. The Kier molecular flexibility index (Phi) is 8.56. The third-order valence-corrected chi connectivity index (χ3v) is 9.12. The van der Waals surface area contributed by atoms with Gasteiger partial charge in [-0.1, -0.05) is 72.8 Å². The van der Waals surface area contributed by atoms with Crippen LogP contribution in [-0.4, -0.2) is 80.6 Å². The quantitative estimate of drug-likeness (QED) is 0.131. The maximum Gasteiger partial charge on any atom is 0.348 e. The topological polar surface area (TPSA) is 155 Å². The molecule has 0 radical (unpaired) electrons. The van der Waals surface area contributed by atoms with Gasteiger partial charge in [-0.3, -0.25) is 0 Å². The Morgan fingerprint density at radius 2 is 0.865 bits per heavy atom. The number of methoxy groups -OCH3 is 4. The molecule has 2 aliphatic heterocycles. The van der Waals surface area contributed by atoms with E-state index in [4.69, 9.17) is 53.6 Å². The van der Waals surface area contributed by atoms with E-state index in [0.717, 1.165) is 38.4 Å². The van der Waals surface area contributed by atoms with Gasteiger partial charge in [-0.15, -0.1) is 0 Å². The summed E-state index contributed by atoms with van der Waals surface area (Å²) in [6.45, 7) is 0. The largest absolute Gasteiger partial charge is 0.456 e. The number of rotatable bonds is 7. The zero-order valence-corrected chi connectivity index (χ0v) is 31.6. The number of nitrogens with zero attached hydrogens (tertiary/aromatic N) is 6. The SMILES string of the molecule is COC(Oc1ccc2c3nc4nc(nc5[nH]c(nc6nc(nc([nH]3)c2c1)-c1ccccc1-6)c1ccccc51)-c1ccccc1-4)C(OC)(OC)OC.[Zn]. The molecule has 1 atom stereocenters. The molecule has 8 bridgehead atoms. The Morgan fingerprint density at radius 1 is 0.481 bits per heavy atom. The van der Waals surface area contributed by atoms with Gasteiger partial charge < -0.3 is 33.7 Å². The molecule has 0 fully saturated rings. The van der Waals surface area contributed by atoms with Crippen LogP contribution < -0.4 is 4.74 Å². The number of ether oxygens (including phenoxy) is 5. The fraction of sp³-hybridized carbons (Fsp3) is 0.158. The number of benzene rings is 4. The molecule has 2 N–H and O–H groups in total. The van der Waals surface area contributed by atoms with Crippen molar-refractivity contribution in [2.45, 2.75) is 12.3 Å². The first kappa shape index (κ1) is 33.6. The number of aromatic nitrogens is 8. The van der Waals surface area contributed by atoms with E-state index in [1.165, 1.54) is 28.4 Å². The van der Waals surface area contributed by atoms with Crippen molar-refractivity contribution in [1.82, 2.24) is 39.9 Å². The van der Waals surface area contributed by atoms with Crippen LogP contribution in [0, 0.1) is 0 Å². The fourth-order valence-corrected chi connectivity index (χ4v) is 6.62. The second kappa shape index (κ2) is 13.2. The zero-order chi connectivity index (χ0) is 34.7. The summed E-state index contributed by atoms with van der Waals surface area (Å²) < 4.78 is 28.3. The maximum absolute atomic E-state index is 6.24. The summed E-state index contributed by atoms with van der Waals surface area (Å²) in [5, 5.41) is 3.32. The standard InChI is InChI=1S/C38H30N8O5.Zn/c1-47-37(38(48-2,49-3)50-4)51-20-17-18-27-28(19-20)36-45-34-26-16-10-9-15-25(26)32(43-34)41-30-22-12-6-5-11-21(22)29(39-30)40-31-23-13-7-8-14-24(23)33(42-31)44-35(27)46-36;/h5-19,37H,1-4H3,(H2,39,40,41,42,43,44,45,46);. The van der Waals surface area contributed by atoms with Crippen molar-refractivity contribution in [2.75, 3.05) is 28.4 Å². The second-order valence-corrected chi connectivity index (χ2v) is 11.9. The Labute approximate surface area is 309 Å². The molecule has 1 unspecified atom stereocenters. The molecule has 0 amide bonds. The monoisotopic (exact) mass is 742 g/mol. The van der Waals surface area contributed by atoms with Gasteiger partial charge in [0.2, 0.25) is 0 Å². The van der Waals surface area contributed by atoms with Gasteiger partial charge in [0.15, 0.2) is 23.3 Å². The van der Waals surface area contributed by atoms with Gasteiger partial charge in [0, 0.05) is 91.7 Å². The molecule has 2 aliphatic rings. The van der Waals surface area contributed by atoms with E-state index in [9.17, 15) is 0 Å². The molecule has 0 saturated heterocycles. The van der Waals surface area contributed by atoms with Crippen LogP contribution in [-0.2, 0) is 38.4 Å². The number of hydrogen-bond donors (Lipinski definition) is 2. The van der Waals surface area contributed by atoms with E-state index < -0.39 is 12.3 Å². The Bertz CT molecular complexity index is 2660. The smallest absolute Gasteiger partial charge is 0.348 e. The van der Waals surface area contributed by atoms with E-state index >= 15 is 0 Å². The number of nitrogens with one attached hydrogen (secondary N) is 2. The van der Waals surface area contributed by atoms with Crippen molar-refractivity contribution in [3.8, 4) is 51.3 Å². The molecular formula is C38H30N8O5Zn. The van der Waals surface area contributed by atoms with E-state index in [-0.39, 0.29) is 19.5 Å². The summed E-state index contributed by atoms with van der Waals surface area (Å²) in [4.78, 5) is 37.1. The van der Waals surface area contributed by atoms with Gasteiger partial charge >= 0.3 is 5.97 Å². The molecule has 0 saturated carbocycles. The third kappa shape index (κ3) is 5.35. The summed E-state index contributed by atoms with van der Waals surface area (Å²) in [6, 6.07) is 29.3. The van der Waals surface area contributed by atoms with Crippen LogP contribution in [0.3, 0.4) is 0 Å². The predicted molar refractivity (Wildman–Crippen MR) is 191 cm³/mol. The number of aromatic amines is 2. The number of hydrogen-bond acceptors (Lipinski definition) is 11. The maximum atomic E-state index is 6.24. The Hall–Kier alpha value is -5.50. The minimum Gasteiger partial charge on any atom is -0.456 e. The van der Waals surface area contributed by atoms with Gasteiger partial charge in [0.1, 0.15) is 28.3 Å². The zero-order valence-electron chi connectivity index (χ0n) is 28.7. The van der Waals surface area contributed by atoms with Crippen LogP contribution in [0.25, 0.3) is 89.7 Å². The first-order valence-corrected chi connectivity index (χ1v) is 16.1. The molecule has 52 heavy (non-hydrogen) atoms. The molecule has 4 aromatic carbocycles. The van der Waals surface area contributed by atoms with E-state index in [1.807, 2.05) is 84.9 Å². The summed E-state index contributed by atoms with van der Waals surface area (Å²) in [5.74, 6) is 0.891. The predicted octanol–water partition coefficient (Wildman–Crippen LogP) is 6.81. The average molecular weight is 744 g/mol. The summed E-state index contributed by atoms with van der Waals surface area (Å²) in [5.41, 5.74) is 5.75. The van der Waals surface area contributed by atoms with E-state index in [2.05, 4.69) is 9.97 Å². The van der Waals surface area contributed by atoms with Crippen LogP contribution in [0.2, 0.25) is 0 Å². The van der Waals surface area contributed by atoms with Crippen molar-refractivity contribution >= 4 is 44.1 Å². The van der Waals surface area contributed by atoms with Gasteiger partial charge in [-0.05, 0) is 18.2 Å². The number of fused-ring (bicyclic) bond motifs is 20. The number of H-pyrrole nitrogens is 2. The molecule has 9 rings (SSSR count). The molecule has 0 spiro atoms. The molecule has 254 valence electrons. The average Bonchev–Trinajstić information content (AvgIpc) is 3.91. The minimum absolute atomic E-state index is 0. The van der Waals surface area contributed by atoms with Crippen LogP contribution in [0.1, 0.15) is 0 Å². The Balaban J connectivity index is 0.00000387. The van der Waals surface area contributed by atoms with Crippen molar-refractivity contribution in [2.24, 2.45) is 0 Å². The van der Waals surface area contributed by atoms with Gasteiger partial charge in [-0.25, -0.2) is 29.9 Å². The van der Waals surface area contributed by atoms with Crippen LogP contribution in [0.4, 0.5) is 0 Å². The van der Waals surface area contributed by atoms with Crippen molar-refractivity contribution in [3.63, 3.8) is 0 Å². The molecule has 3 aromatic heterocycles. The summed E-state index contributed by atoms with van der Waals surface area (Å²) >= 11 is 0. The van der Waals surface area contributed by atoms with E-state index in [1.54, 1.807) is 6.07 Å². The van der Waals surface area contributed by atoms with Crippen molar-refractivity contribution in [1.29, 1.82) is 0 Å². The molecule has 14 heteroatoms. The fourth-order valence-electron chi connectivity index (χ4n) is 6.62. The molecule has 5 heterocycles. The van der Waals surface area contributed by atoms with Crippen molar-refractivity contribution in [3.05, 3.63) is 91.0 Å². The minimum atomic E-state index is -1.62. The van der Waals surface area contributed by atoms with Crippen LogP contribution in [0.15, 0.2) is 91.0 Å². The van der Waals surface area contributed by atoms with E-state index in [0.29, 0.717) is 57.0 Å². The molecule has 7 aromatic rings. The molecule has 0 aliphatic carbocycles. The summed E-state index contributed by atoms with van der Waals surface area (Å²) in [7, 11) is 5.80. The molecule has 13 nitrogen and oxygen atoms in total. The first-order valence-electron chi connectivity index (χ1n) is 16.1. The summed E-state index contributed by atoms with van der Waals surface area (Å²) in [6.07, 6.45) is -1.08. The second-order valence-electron chi connectivity index (χ2n) is 11.9. The Morgan fingerprint density at radius 3 is 1.27 bits per heavy atom.